The van der Waals surface area contributed by atoms with E-state index in [2.05, 4.69) is 296 Å². The first-order valence-electron chi connectivity index (χ1n) is 33.2. The number of hydrogen-bond acceptors (Lipinski definition) is 4. The topological polar surface area (TPSA) is 13.0 Å². The van der Waals surface area contributed by atoms with Crippen molar-refractivity contribution in [3.63, 3.8) is 0 Å². The van der Waals surface area contributed by atoms with E-state index in [1.54, 1.807) is 0 Å². The van der Waals surface area contributed by atoms with Crippen LogP contribution in [-0.4, -0.2) is 17.8 Å². The minimum absolute atomic E-state index is 0.00958. The van der Waals surface area contributed by atoms with Gasteiger partial charge in [-0.3, -0.25) is 0 Å². The quantitative estimate of drug-likeness (QED) is 0.159. The van der Waals surface area contributed by atoms with Crippen LogP contribution in [0.2, 0.25) is 0 Å². The van der Waals surface area contributed by atoms with Gasteiger partial charge in [-0.2, -0.15) is 0 Å². The molecule has 0 radical (unpaired) electrons. The van der Waals surface area contributed by atoms with Crippen LogP contribution in [-0.2, 0) is 32.5 Å². The number of nitrogens with zero attached hydrogens (tertiary/aromatic N) is 4. The fraction of sp³-hybridized carbons (Fsp3) is 0.415. The number of fused-ring (bicyclic) bond motifs is 10. The van der Waals surface area contributed by atoms with Crippen LogP contribution in [0.5, 0.6) is 0 Å². The highest BCUT2D eigenvalue weighted by atomic mass is 15.3. The van der Waals surface area contributed by atoms with Crippen molar-refractivity contribution in [2.75, 3.05) is 19.6 Å². The number of rotatable bonds is 5. The molecule has 14 rings (SSSR count). The summed E-state index contributed by atoms with van der Waals surface area (Å²) in [7, 11) is 0. The summed E-state index contributed by atoms with van der Waals surface area (Å²) in [5.74, 6) is 0. The zero-order valence-corrected chi connectivity index (χ0v) is 56.0. The lowest BCUT2D eigenvalue weighted by molar-refractivity contribution is 0.195. The molecular weight excluding hydrogens is 1050 g/mol. The largest absolute Gasteiger partial charge is 0.334 e. The third-order valence-electron chi connectivity index (χ3n) is 23.1. The van der Waals surface area contributed by atoms with Gasteiger partial charge in [0.2, 0.25) is 0 Å². The SMILES string of the molecule is Cc1cc(C)c2c(c1)C1(C)CCCCC1(C)N2c1cc2c3c(c1)N(c1ccc(C(C)(C)C)cc1-c1ccccc1)c1cc(C(C)(C)C)ccc1B3c1ccc(N3c4ccc(C(C)(C)C)cc4C4(C)CCCCC34C)cc1N2c1ccc(C(C)(C)C)cc1. The fourth-order valence-electron chi connectivity index (χ4n) is 17.6. The summed E-state index contributed by atoms with van der Waals surface area (Å²) in [6, 6.07) is 61.5. The minimum Gasteiger partial charge on any atom is -0.334 e. The molecule has 0 aromatic heterocycles. The average Bonchev–Trinajstić information content (AvgIpc) is 1.67. The zero-order valence-electron chi connectivity index (χ0n) is 56.0. The van der Waals surface area contributed by atoms with Crippen molar-refractivity contribution in [2.24, 2.45) is 0 Å². The number of hydrogen-bond donors (Lipinski definition) is 0. The monoisotopic (exact) mass is 1150 g/mol. The summed E-state index contributed by atoms with van der Waals surface area (Å²) in [5.41, 5.74) is 30.0. The van der Waals surface area contributed by atoms with Crippen molar-refractivity contribution in [1.82, 2.24) is 0 Å². The van der Waals surface area contributed by atoms with Gasteiger partial charge in [0.25, 0.3) is 6.71 Å². The molecule has 87 heavy (non-hydrogen) atoms. The Hall–Kier alpha value is -6.98. The standard InChI is InChI=1S/C82H95BN4/c1-52-44-53(2)74-64(45-52)80(16)41-23-25-43-82(80,18)87(74)61-50-71-73-72(51-61)85(67-38-31-56(76(6,7)8)46-62(67)54-26-20-19-21-27-54)69-48-58(78(12,13)14)30-36-65(69)83(73)66-37-35-60(49-70(66)84(71)59-33-28-55(29-34-59)75(3,4)5)86-68-39-32-57(77(9,10)11)47-63(68)79(15)40-22-24-42-81(79,86)17/h19-21,26-39,44-51H,22-25,40-43H2,1-18H3. The van der Waals surface area contributed by atoms with E-state index in [9.17, 15) is 0 Å². The maximum atomic E-state index is 2.88. The lowest BCUT2D eigenvalue weighted by atomic mass is 9.33. The molecule has 4 aliphatic heterocycles. The number of aryl methyl sites for hydroxylation is 2. The second-order valence-electron chi connectivity index (χ2n) is 32.7. The van der Waals surface area contributed by atoms with Crippen molar-refractivity contribution in [1.29, 1.82) is 0 Å². The highest BCUT2D eigenvalue weighted by Gasteiger charge is 2.60. The van der Waals surface area contributed by atoms with Crippen molar-refractivity contribution >= 4 is 80.0 Å². The van der Waals surface area contributed by atoms with Gasteiger partial charge in [-0.05, 0) is 197 Å². The lowest BCUT2D eigenvalue weighted by Gasteiger charge is -2.51. The molecule has 4 nitrogen and oxygen atoms in total. The summed E-state index contributed by atoms with van der Waals surface area (Å²) < 4.78 is 0. The molecule has 446 valence electrons. The summed E-state index contributed by atoms with van der Waals surface area (Å²) in [6.07, 6.45) is 9.55. The Morgan fingerprint density at radius 2 is 0.862 bits per heavy atom. The molecule has 4 heterocycles. The van der Waals surface area contributed by atoms with E-state index in [1.807, 2.05) is 0 Å². The van der Waals surface area contributed by atoms with Gasteiger partial charge in [-0.15, -0.1) is 0 Å². The third kappa shape index (κ3) is 8.49. The van der Waals surface area contributed by atoms with Crippen molar-refractivity contribution in [2.45, 2.75) is 220 Å². The van der Waals surface area contributed by atoms with E-state index < -0.39 is 0 Å². The van der Waals surface area contributed by atoms with Gasteiger partial charge in [0, 0.05) is 67.6 Å². The molecule has 2 saturated carbocycles. The van der Waals surface area contributed by atoms with Crippen LogP contribution in [0.15, 0.2) is 152 Å². The Morgan fingerprint density at radius 3 is 1.48 bits per heavy atom. The van der Waals surface area contributed by atoms with Gasteiger partial charge in [0.05, 0.1) is 16.8 Å². The third-order valence-corrected chi connectivity index (χ3v) is 23.1. The maximum absolute atomic E-state index is 2.88. The molecule has 0 spiro atoms. The van der Waals surface area contributed by atoms with E-state index in [-0.39, 0.29) is 50.3 Å². The Bertz CT molecular complexity index is 4110. The molecule has 0 bridgehead atoms. The number of anilines is 10. The molecule has 8 aromatic rings. The van der Waals surface area contributed by atoms with Crippen LogP contribution < -0.4 is 36.0 Å². The summed E-state index contributed by atoms with van der Waals surface area (Å²) in [4.78, 5) is 11.2. The first-order chi connectivity index (χ1) is 41.0. The van der Waals surface area contributed by atoms with Gasteiger partial charge < -0.3 is 19.6 Å². The molecular formula is C82H95BN4. The van der Waals surface area contributed by atoms with E-state index in [0.717, 1.165) is 12.8 Å². The minimum atomic E-state index is -0.177. The van der Waals surface area contributed by atoms with Crippen molar-refractivity contribution in [3.8, 4) is 11.1 Å². The van der Waals surface area contributed by atoms with Gasteiger partial charge >= 0.3 is 0 Å². The Kier molecular flexibility index (Phi) is 12.8. The van der Waals surface area contributed by atoms with Crippen LogP contribution in [0.25, 0.3) is 11.1 Å². The van der Waals surface area contributed by atoms with Gasteiger partial charge in [-0.1, -0.05) is 219 Å². The molecule has 4 atom stereocenters. The predicted octanol–water partition coefficient (Wildman–Crippen LogP) is 20.7. The van der Waals surface area contributed by atoms with Crippen LogP contribution in [0.1, 0.15) is 207 Å². The second-order valence-corrected chi connectivity index (χ2v) is 32.7. The summed E-state index contributed by atoms with van der Waals surface area (Å²) >= 11 is 0. The lowest BCUT2D eigenvalue weighted by Crippen LogP contribution is -2.62. The molecule has 2 fully saturated rings. The molecule has 5 heteroatoms. The van der Waals surface area contributed by atoms with Gasteiger partial charge in [0.15, 0.2) is 0 Å². The Labute approximate surface area is 523 Å². The van der Waals surface area contributed by atoms with Gasteiger partial charge in [-0.25, -0.2) is 0 Å². The Balaban J connectivity index is 1.12. The van der Waals surface area contributed by atoms with E-state index in [0.29, 0.717) is 0 Å². The first kappa shape index (κ1) is 57.8. The van der Waals surface area contributed by atoms with Crippen molar-refractivity contribution in [3.05, 3.63) is 196 Å². The molecule has 6 aliphatic rings. The maximum Gasteiger partial charge on any atom is 0.252 e. The second kappa shape index (κ2) is 19.3. The van der Waals surface area contributed by atoms with E-state index in [4.69, 9.17) is 0 Å². The molecule has 0 amide bonds. The molecule has 4 unspecified atom stereocenters. The molecule has 0 N–H and O–H groups in total. The predicted molar refractivity (Wildman–Crippen MR) is 376 cm³/mol. The first-order valence-corrected chi connectivity index (χ1v) is 33.2. The van der Waals surface area contributed by atoms with E-state index in [1.165, 1.54) is 167 Å². The summed E-state index contributed by atoms with van der Waals surface area (Å²) in [6.45, 7) is 43.5. The molecule has 2 aliphatic carbocycles. The normalized spacial score (nSPS) is 23.0. The van der Waals surface area contributed by atoms with E-state index >= 15 is 0 Å². The highest BCUT2D eigenvalue weighted by molar-refractivity contribution is 7.00. The smallest absolute Gasteiger partial charge is 0.252 e. The van der Waals surface area contributed by atoms with Crippen LogP contribution >= 0.6 is 0 Å². The van der Waals surface area contributed by atoms with Crippen molar-refractivity contribution < 1.29 is 0 Å². The number of benzene rings is 8. The zero-order chi connectivity index (χ0) is 61.5. The average molecular weight is 1150 g/mol. The van der Waals surface area contributed by atoms with Crippen LogP contribution in [0, 0.1) is 13.8 Å². The van der Waals surface area contributed by atoms with Gasteiger partial charge in [0.1, 0.15) is 0 Å². The molecule has 8 aromatic carbocycles. The van der Waals surface area contributed by atoms with Crippen LogP contribution in [0.4, 0.5) is 56.9 Å². The molecule has 0 saturated heterocycles. The highest BCUT2D eigenvalue weighted by Crippen LogP contribution is 2.65. The van der Waals surface area contributed by atoms with Crippen LogP contribution in [0.3, 0.4) is 0 Å². The fourth-order valence-corrected chi connectivity index (χ4v) is 17.6. The Morgan fingerprint density at radius 1 is 0.379 bits per heavy atom. The summed E-state index contributed by atoms with van der Waals surface area (Å²) in [5, 5.41) is 0.